The van der Waals surface area contributed by atoms with E-state index in [1.807, 2.05) is 16.8 Å². The number of hydrogen-bond acceptors (Lipinski definition) is 6. The molecule has 3 rings (SSSR count). The van der Waals surface area contributed by atoms with Crippen LogP contribution in [0.4, 0.5) is 10.1 Å². The molecule has 2 aromatic heterocycles. The molecule has 0 bridgehead atoms. The lowest BCUT2D eigenvalue weighted by atomic mass is 10.2. The number of nitrogens with zero attached hydrogens (tertiary/aromatic N) is 2. The minimum absolute atomic E-state index is 0.161. The number of ether oxygens (including phenoxy) is 1. The van der Waals surface area contributed by atoms with Crippen molar-refractivity contribution in [3.63, 3.8) is 0 Å². The lowest BCUT2D eigenvalue weighted by Gasteiger charge is -2.11. The van der Waals surface area contributed by atoms with Gasteiger partial charge in [-0.1, -0.05) is 0 Å². The molecule has 25 heavy (non-hydrogen) atoms. The van der Waals surface area contributed by atoms with E-state index in [0.717, 1.165) is 5.56 Å². The normalized spacial score (nSPS) is 10.6. The Hall–Kier alpha value is -2.74. The van der Waals surface area contributed by atoms with Crippen molar-refractivity contribution in [1.82, 2.24) is 10.2 Å². The summed E-state index contributed by atoms with van der Waals surface area (Å²) in [4.78, 5) is 12.1. The first-order valence-corrected chi connectivity index (χ1v) is 8.67. The van der Waals surface area contributed by atoms with E-state index in [9.17, 15) is 9.18 Å². The average molecular weight is 361 g/mol. The van der Waals surface area contributed by atoms with Crippen LogP contribution in [0.5, 0.6) is 5.75 Å². The largest absolute Gasteiger partial charge is 0.492 e. The number of benzene rings is 1. The summed E-state index contributed by atoms with van der Waals surface area (Å²) in [5, 5.41) is 14.4. The highest BCUT2D eigenvalue weighted by molar-refractivity contribution is 7.08. The van der Waals surface area contributed by atoms with Crippen molar-refractivity contribution in [1.29, 1.82) is 0 Å². The molecule has 0 aliphatic carbocycles. The van der Waals surface area contributed by atoms with E-state index < -0.39 is 5.82 Å². The van der Waals surface area contributed by atoms with Gasteiger partial charge in [-0.2, -0.15) is 11.3 Å². The van der Waals surface area contributed by atoms with Crippen LogP contribution in [0.15, 0.2) is 39.4 Å². The number of thiophene rings is 1. The fraction of sp³-hybridized carbons (Fsp3) is 0.235. The summed E-state index contributed by atoms with van der Waals surface area (Å²) in [6, 6.07) is 5.87. The molecule has 0 aliphatic rings. The minimum Gasteiger partial charge on any atom is -0.492 e. The molecule has 1 amide bonds. The lowest BCUT2D eigenvalue weighted by molar-refractivity contribution is -0.116. The van der Waals surface area contributed by atoms with Crippen LogP contribution < -0.4 is 10.1 Å². The smallest absolute Gasteiger partial charge is 0.248 e. The van der Waals surface area contributed by atoms with Crippen LogP contribution in [-0.4, -0.2) is 22.7 Å². The lowest BCUT2D eigenvalue weighted by Crippen LogP contribution is -2.13. The van der Waals surface area contributed by atoms with Gasteiger partial charge in [0.1, 0.15) is 11.6 Å². The number of nitrogens with one attached hydrogen (secondary N) is 1. The quantitative estimate of drug-likeness (QED) is 0.690. The van der Waals surface area contributed by atoms with Crippen molar-refractivity contribution < 1.29 is 18.3 Å². The van der Waals surface area contributed by atoms with Gasteiger partial charge < -0.3 is 14.5 Å². The van der Waals surface area contributed by atoms with E-state index in [2.05, 4.69) is 15.5 Å². The summed E-state index contributed by atoms with van der Waals surface area (Å²) >= 11 is 1.54. The van der Waals surface area contributed by atoms with Gasteiger partial charge in [-0.25, -0.2) is 4.39 Å². The van der Waals surface area contributed by atoms with Crippen molar-refractivity contribution >= 4 is 22.9 Å². The van der Waals surface area contributed by atoms with Gasteiger partial charge >= 0.3 is 0 Å². The van der Waals surface area contributed by atoms with Gasteiger partial charge in [-0.05, 0) is 30.5 Å². The fourth-order valence-corrected chi connectivity index (χ4v) is 2.79. The van der Waals surface area contributed by atoms with Crippen molar-refractivity contribution in [3.8, 4) is 17.2 Å². The number of carbonyl (C=O) groups is 1. The number of carbonyl (C=O) groups excluding carboxylic acids is 1. The van der Waals surface area contributed by atoms with E-state index in [4.69, 9.17) is 9.15 Å². The zero-order valence-electron chi connectivity index (χ0n) is 13.5. The van der Waals surface area contributed by atoms with Gasteiger partial charge in [0, 0.05) is 29.9 Å². The molecule has 2 heterocycles. The van der Waals surface area contributed by atoms with Crippen LogP contribution in [-0.2, 0) is 11.2 Å². The van der Waals surface area contributed by atoms with Gasteiger partial charge in [-0.15, -0.1) is 10.2 Å². The third-order valence-corrected chi connectivity index (χ3v) is 4.00. The standard InChI is InChI=1S/C17H16FN3O3S/c1-2-23-14-9-12(18)3-4-13(14)19-15(22)5-6-16-20-21-17(24-16)11-7-8-25-10-11/h3-4,7-10H,2,5-6H2,1H3,(H,19,22). The summed E-state index contributed by atoms with van der Waals surface area (Å²) in [7, 11) is 0. The van der Waals surface area contributed by atoms with E-state index in [0.29, 0.717) is 36.2 Å². The van der Waals surface area contributed by atoms with Gasteiger partial charge in [0.05, 0.1) is 12.3 Å². The molecule has 130 valence electrons. The number of aromatic nitrogens is 2. The molecule has 0 aliphatic heterocycles. The van der Waals surface area contributed by atoms with Gasteiger partial charge in [0.25, 0.3) is 0 Å². The zero-order chi connectivity index (χ0) is 17.6. The van der Waals surface area contributed by atoms with Crippen molar-refractivity contribution in [3.05, 3.63) is 46.7 Å². The maximum atomic E-state index is 13.3. The molecule has 0 fully saturated rings. The molecular weight excluding hydrogens is 345 g/mol. The fourth-order valence-electron chi connectivity index (χ4n) is 2.16. The topological polar surface area (TPSA) is 77.2 Å². The number of aryl methyl sites for hydroxylation is 1. The molecule has 1 N–H and O–H groups in total. The van der Waals surface area contributed by atoms with E-state index in [1.165, 1.54) is 29.5 Å². The minimum atomic E-state index is -0.423. The van der Waals surface area contributed by atoms with Crippen LogP contribution in [0.1, 0.15) is 19.2 Å². The highest BCUT2D eigenvalue weighted by Crippen LogP contribution is 2.26. The highest BCUT2D eigenvalue weighted by atomic mass is 32.1. The molecule has 1 aromatic carbocycles. The van der Waals surface area contributed by atoms with Crippen LogP contribution in [0.25, 0.3) is 11.5 Å². The number of halogens is 1. The maximum absolute atomic E-state index is 13.3. The molecule has 0 saturated carbocycles. The van der Waals surface area contributed by atoms with E-state index >= 15 is 0 Å². The van der Waals surface area contributed by atoms with Gasteiger partial charge in [0.15, 0.2) is 0 Å². The SMILES string of the molecule is CCOc1cc(F)ccc1NC(=O)CCc1nnc(-c2ccsc2)o1. The summed E-state index contributed by atoms with van der Waals surface area (Å²) in [6.45, 7) is 2.16. The average Bonchev–Trinajstić information content (AvgIpc) is 3.27. The predicted molar refractivity (Wildman–Crippen MR) is 92.1 cm³/mol. The second-order valence-corrected chi connectivity index (χ2v) is 5.91. The number of rotatable bonds is 7. The molecule has 6 nitrogen and oxygen atoms in total. The monoisotopic (exact) mass is 361 g/mol. The van der Waals surface area contributed by atoms with Crippen molar-refractivity contribution in [2.24, 2.45) is 0 Å². The predicted octanol–water partition coefficient (Wildman–Crippen LogP) is 3.91. The van der Waals surface area contributed by atoms with Crippen LogP contribution in [0.3, 0.4) is 0 Å². The summed E-state index contributed by atoms with van der Waals surface area (Å²) in [5.41, 5.74) is 1.29. The Labute approximate surface area is 147 Å². The Balaban J connectivity index is 1.58. The first kappa shape index (κ1) is 17.1. The maximum Gasteiger partial charge on any atom is 0.248 e. The molecule has 0 spiro atoms. The van der Waals surface area contributed by atoms with Crippen LogP contribution >= 0.6 is 11.3 Å². The number of anilines is 1. The summed E-state index contributed by atoms with van der Waals surface area (Å²) in [5.74, 6) is 0.457. The first-order valence-electron chi connectivity index (χ1n) is 7.73. The van der Waals surface area contributed by atoms with Crippen molar-refractivity contribution in [2.75, 3.05) is 11.9 Å². The Morgan fingerprint density at radius 1 is 1.36 bits per heavy atom. The molecule has 8 heteroatoms. The van der Waals surface area contributed by atoms with E-state index in [-0.39, 0.29) is 12.3 Å². The Morgan fingerprint density at radius 2 is 2.24 bits per heavy atom. The molecule has 0 atom stereocenters. The van der Waals surface area contributed by atoms with Gasteiger partial charge in [0.2, 0.25) is 17.7 Å². The Morgan fingerprint density at radius 3 is 3.00 bits per heavy atom. The molecular formula is C17H16FN3O3S. The second kappa shape index (κ2) is 7.89. The van der Waals surface area contributed by atoms with E-state index in [1.54, 1.807) is 6.92 Å². The summed E-state index contributed by atoms with van der Waals surface area (Å²) in [6.07, 6.45) is 0.475. The van der Waals surface area contributed by atoms with Gasteiger partial charge in [-0.3, -0.25) is 4.79 Å². The number of amides is 1. The third kappa shape index (κ3) is 4.42. The Bertz CT molecular complexity index is 849. The van der Waals surface area contributed by atoms with Crippen molar-refractivity contribution in [2.45, 2.75) is 19.8 Å². The van der Waals surface area contributed by atoms with Crippen LogP contribution in [0, 0.1) is 5.82 Å². The first-order chi connectivity index (χ1) is 12.2. The zero-order valence-corrected chi connectivity index (χ0v) is 14.3. The van der Waals surface area contributed by atoms with Crippen LogP contribution in [0.2, 0.25) is 0 Å². The second-order valence-electron chi connectivity index (χ2n) is 5.13. The number of hydrogen-bond donors (Lipinski definition) is 1. The molecule has 0 saturated heterocycles. The molecule has 0 unspecified atom stereocenters. The summed E-state index contributed by atoms with van der Waals surface area (Å²) < 4.78 is 24.1. The molecule has 0 radical (unpaired) electrons. The highest BCUT2D eigenvalue weighted by Gasteiger charge is 2.13. The molecule has 3 aromatic rings. The Kier molecular flexibility index (Phi) is 5.39. The third-order valence-electron chi connectivity index (χ3n) is 3.32.